The van der Waals surface area contributed by atoms with Crippen LogP contribution in [-0.4, -0.2) is 7.85 Å². The molecule has 0 atom stereocenters. The zero-order valence-corrected chi connectivity index (χ0v) is 9.51. The Morgan fingerprint density at radius 3 is 1.20 bits per heavy atom. The Kier molecular flexibility index (Phi) is 130. The monoisotopic (exact) mass is 390 g/mol. The third-order valence-corrected chi connectivity index (χ3v) is 0. The molecule has 0 saturated carbocycles. The average molecular weight is 390 g/mol. The van der Waals surface area contributed by atoms with Crippen molar-refractivity contribution in [3.63, 3.8) is 0 Å². The molecule has 0 fully saturated rings. The molecule has 0 saturated heterocycles. The van der Waals surface area contributed by atoms with Crippen LogP contribution in [0.25, 0.3) is 0 Å². The van der Waals surface area contributed by atoms with Crippen molar-refractivity contribution in [2.45, 2.75) is 6.82 Å². The molecule has 0 bridgehead atoms. The predicted octanol–water partition coefficient (Wildman–Crippen LogP) is -0.335. The zero-order valence-electron chi connectivity index (χ0n) is 3.17. The topological polar surface area (TPSA) is 0 Å². The standard InChI is InChI=1S/CH5B.Dy.Fe.Nd/c1-2;;;/h2H2,1H3;;;. The van der Waals surface area contributed by atoms with Crippen molar-refractivity contribution in [2.75, 3.05) is 0 Å². The molecule has 34 valence electrons. The van der Waals surface area contributed by atoms with Crippen LogP contribution in [0, 0.1) is 79.0 Å². The van der Waals surface area contributed by atoms with E-state index in [0.29, 0.717) is 0 Å². The maximum atomic E-state index is 2.00. The average Bonchev–Trinajstić information content (AvgIpc) is 1.00. The van der Waals surface area contributed by atoms with Crippen LogP contribution >= 0.6 is 0 Å². The van der Waals surface area contributed by atoms with Gasteiger partial charge in [-0.2, -0.15) is 0 Å². The Balaban J connectivity index is -0.00000000167. The van der Waals surface area contributed by atoms with E-state index in [1.807, 2.05) is 14.7 Å². The largest absolute Gasteiger partial charge is 0.0973 e. The minimum atomic E-state index is 0. The molecule has 0 rings (SSSR count). The summed E-state index contributed by atoms with van der Waals surface area (Å²) >= 11 is 0. The molecule has 4 heteroatoms. The van der Waals surface area contributed by atoms with Gasteiger partial charge in [0.2, 0.25) is 0 Å². The van der Waals surface area contributed by atoms with Gasteiger partial charge >= 0.3 is 0 Å². The molecule has 0 aromatic carbocycles. The van der Waals surface area contributed by atoms with Gasteiger partial charge in [0.05, 0.1) is 7.85 Å². The number of hydrogen-bond acceptors (Lipinski definition) is 0. The van der Waals surface area contributed by atoms with Crippen LogP contribution in [0.15, 0.2) is 0 Å². The summed E-state index contributed by atoms with van der Waals surface area (Å²) in [5.74, 6) is 0. The quantitative estimate of drug-likeness (QED) is 0.497. The molecule has 0 aromatic rings. The summed E-state index contributed by atoms with van der Waals surface area (Å²) in [6, 6.07) is 0. The van der Waals surface area contributed by atoms with Gasteiger partial charge < -0.3 is 0 Å². The fourth-order valence-corrected chi connectivity index (χ4v) is 0. The third-order valence-electron chi connectivity index (χ3n) is 0. The van der Waals surface area contributed by atoms with E-state index in [0.717, 1.165) is 0 Å². The maximum absolute atomic E-state index is 2.00. The Labute approximate surface area is 108 Å². The predicted molar refractivity (Wildman–Crippen MR) is 14.4 cm³/mol. The third kappa shape index (κ3) is 19.0. The zero-order chi connectivity index (χ0) is 2.00. The van der Waals surface area contributed by atoms with E-state index in [-0.39, 0.29) is 96.1 Å². The second kappa shape index (κ2) is 27.0. The SMILES string of the molecule is BC.[Dy].[Fe].[Nd]. The molecule has 0 amide bonds. The van der Waals surface area contributed by atoms with Crippen molar-refractivity contribution < 1.29 is 96.1 Å². The molecule has 0 aromatic heterocycles. The van der Waals surface area contributed by atoms with Gasteiger partial charge in [0.25, 0.3) is 0 Å². The van der Waals surface area contributed by atoms with Crippen LogP contribution in [0.1, 0.15) is 0 Å². The first-order chi connectivity index (χ1) is 1.00. The van der Waals surface area contributed by atoms with Gasteiger partial charge in [-0.1, -0.05) is 6.82 Å². The van der Waals surface area contributed by atoms with Crippen LogP contribution in [-0.2, 0) is 17.1 Å². The first kappa shape index (κ1) is 24.1. The van der Waals surface area contributed by atoms with E-state index in [1.165, 1.54) is 0 Å². The number of rotatable bonds is 0. The van der Waals surface area contributed by atoms with E-state index in [1.54, 1.807) is 0 Å². The van der Waals surface area contributed by atoms with Crippen molar-refractivity contribution in [1.82, 2.24) is 0 Å². The van der Waals surface area contributed by atoms with Gasteiger partial charge in [0.1, 0.15) is 0 Å². The van der Waals surface area contributed by atoms with E-state index < -0.39 is 0 Å². The first-order valence-corrected chi connectivity index (χ1v) is 1.00. The normalized spacial score (nSPS) is 1.00. The molecule has 5 heavy (non-hydrogen) atoms. The maximum Gasteiger partial charge on any atom is 0.0973 e. The summed E-state index contributed by atoms with van der Waals surface area (Å²) in [4.78, 5) is 0. The van der Waals surface area contributed by atoms with Gasteiger partial charge in [-0.3, -0.25) is 0 Å². The minimum absolute atomic E-state index is 0. The van der Waals surface area contributed by atoms with Gasteiger partial charge in [-0.25, -0.2) is 0 Å². The van der Waals surface area contributed by atoms with Gasteiger partial charge in [0.15, 0.2) is 0 Å². The van der Waals surface area contributed by atoms with E-state index in [2.05, 4.69) is 0 Å². The molecule has 0 aliphatic rings. The van der Waals surface area contributed by atoms with E-state index in [9.17, 15) is 0 Å². The molecule has 0 nitrogen and oxygen atoms in total. The molecular formula is CH5BDyFeNd. The second-order valence-electron chi connectivity index (χ2n) is 0. The Bertz CT molecular complexity index is 11.6. The first-order valence-electron chi connectivity index (χ1n) is 1.00. The van der Waals surface area contributed by atoms with Gasteiger partial charge in [-0.05, 0) is 0 Å². The van der Waals surface area contributed by atoms with Crippen molar-refractivity contribution in [3.05, 3.63) is 0 Å². The van der Waals surface area contributed by atoms with Crippen molar-refractivity contribution in [2.24, 2.45) is 0 Å². The summed E-state index contributed by atoms with van der Waals surface area (Å²) in [6.45, 7) is 2.00. The molecular weight excluding hydrogens is 385 g/mol. The molecule has 0 N–H and O–H groups in total. The Morgan fingerprint density at radius 1 is 1.20 bits per heavy atom. The molecule has 0 aliphatic carbocycles. The Hall–Kier alpha value is 3.21. The van der Waals surface area contributed by atoms with Crippen LogP contribution in [0.2, 0.25) is 6.82 Å². The van der Waals surface area contributed by atoms with Crippen molar-refractivity contribution >= 4 is 7.85 Å². The van der Waals surface area contributed by atoms with E-state index in [4.69, 9.17) is 0 Å². The molecule has 0 aliphatic heterocycles. The summed E-state index contributed by atoms with van der Waals surface area (Å²) < 4.78 is 0. The molecule has 0 spiro atoms. The minimum Gasteiger partial charge on any atom is -0.0927 e. The van der Waals surface area contributed by atoms with Crippen LogP contribution in [0.4, 0.5) is 0 Å². The summed E-state index contributed by atoms with van der Waals surface area (Å²) in [7, 11) is 2.00. The van der Waals surface area contributed by atoms with Crippen molar-refractivity contribution in [3.8, 4) is 0 Å². The number of hydrogen-bond donors (Lipinski definition) is 0. The van der Waals surface area contributed by atoms with Crippen molar-refractivity contribution in [1.29, 1.82) is 0 Å². The second-order valence-corrected chi connectivity index (χ2v) is 0. The fourth-order valence-electron chi connectivity index (χ4n) is 0. The Morgan fingerprint density at radius 2 is 1.20 bits per heavy atom. The van der Waals surface area contributed by atoms with E-state index >= 15 is 0 Å². The summed E-state index contributed by atoms with van der Waals surface area (Å²) in [5, 5.41) is 0. The van der Waals surface area contributed by atoms with Crippen LogP contribution in [0.5, 0.6) is 0 Å². The summed E-state index contributed by atoms with van der Waals surface area (Å²) in [6.07, 6.45) is 0. The molecule has 0 radical (unpaired) electrons. The van der Waals surface area contributed by atoms with Gasteiger partial charge in [0, 0.05) is 96.1 Å². The smallest absolute Gasteiger partial charge is 0.0927 e. The summed E-state index contributed by atoms with van der Waals surface area (Å²) in [5.41, 5.74) is 0. The molecule has 0 heterocycles. The van der Waals surface area contributed by atoms with Crippen LogP contribution < -0.4 is 0 Å². The van der Waals surface area contributed by atoms with Gasteiger partial charge in [-0.15, -0.1) is 0 Å². The fraction of sp³-hybridized carbons (Fsp3) is 1.00. The van der Waals surface area contributed by atoms with Crippen LogP contribution in [0.3, 0.4) is 0 Å². The molecule has 0 unspecified atom stereocenters.